The minimum absolute atomic E-state index is 0.741. The molecule has 0 bridgehead atoms. The van der Waals surface area contributed by atoms with Crippen LogP contribution in [0.1, 0.15) is 6.42 Å². The Balaban J connectivity index is 1.56. The summed E-state index contributed by atoms with van der Waals surface area (Å²) < 4.78 is 2.07. The van der Waals surface area contributed by atoms with E-state index in [0.717, 1.165) is 52.2 Å². The fourth-order valence-corrected chi connectivity index (χ4v) is 2.99. The van der Waals surface area contributed by atoms with Gasteiger partial charge in [-0.2, -0.15) is 0 Å². The number of pyridine rings is 1. The highest BCUT2D eigenvalue weighted by molar-refractivity contribution is 6.31. The number of benzene rings is 1. The molecule has 0 amide bonds. The molecule has 0 radical (unpaired) electrons. The highest BCUT2D eigenvalue weighted by Gasteiger charge is 2.09. The van der Waals surface area contributed by atoms with Crippen LogP contribution in [0, 0.1) is 0 Å². The topological polar surface area (TPSA) is 58.5 Å². The Morgan fingerprint density at radius 2 is 2.13 bits per heavy atom. The summed E-state index contributed by atoms with van der Waals surface area (Å²) in [6.45, 7) is 1.78. The third kappa shape index (κ3) is 2.75. The van der Waals surface area contributed by atoms with E-state index in [0.29, 0.717) is 0 Å². The number of H-pyrrole nitrogens is 1. The molecule has 6 heteroatoms. The minimum Gasteiger partial charge on any atom is -0.368 e. The Bertz CT molecular complexity index is 942. The van der Waals surface area contributed by atoms with Crippen molar-refractivity contribution in [3.63, 3.8) is 0 Å². The quantitative estimate of drug-likeness (QED) is 0.544. The molecule has 4 rings (SSSR count). The molecule has 3 heterocycles. The van der Waals surface area contributed by atoms with Gasteiger partial charge in [0.1, 0.15) is 5.82 Å². The molecule has 0 aliphatic rings. The maximum Gasteiger partial charge on any atom is 0.150 e. The summed E-state index contributed by atoms with van der Waals surface area (Å²) in [4.78, 5) is 11.9. The first-order chi connectivity index (χ1) is 11.3. The average Bonchev–Trinajstić information content (AvgIpc) is 3.19. The number of halogens is 1. The molecule has 23 heavy (non-hydrogen) atoms. The van der Waals surface area contributed by atoms with Crippen molar-refractivity contribution in [1.29, 1.82) is 0 Å². The predicted molar refractivity (Wildman–Crippen MR) is 93.9 cm³/mol. The average molecular weight is 326 g/mol. The molecule has 4 aromatic rings. The second-order valence-electron chi connectivity index (χ2n) is 5.48. The standard InChI is InChI=1S/C17H16ClN5/c18-12-2-3-15-14(10-12)13-4-6-21-17(16(13)22-15)20-5-1-8-23-9-7-19-11-23/h2-4,6-7,9-11,22H,1,5,8H2,(H,20,21). The van der Waals surface area contributed by atoms with Gasteiger partial charge in [0.25, 0.3) is 0 Å². The summed E-state index contributed by atoms with van der Waals surface area (Å²) in [5.74, 6) is 0.875. The number of hydrogen-bond acceptors (Lipinski definition) is 3. The normalized spacial score (nSPS) is 11.3. The van der Waals surface area contributed by atoms with E-state index in [2.05, 4.69) is 24.8 Å². The van der Waals surface area contributed by atoms with Gasteiger partial charge in [-0.1, -0.05) is 11.6 Å². The van der Waals surface area contributed by atoms with Gasteiger partial charge in [0.15, 0.2) is 0 Å². The Labute approximate surface area is 138 Å². The molecule has 0 fully saturated rings. The van der Waals surface area contributed by atoms with E-state index in [1.807, 2.05) is 43.0 Å². The summed E-state index contributed by atoms with van der Waals surface area (Å²) in [6, 6.07) is 7.89. The fraction of sp³-hybridized carbons (Fsp3) is 0.176. The van der Waals surface area contributed by atoms with Crippen LogP contribution in [0.25, 0.3) is 21.8 Å². The van der Waals surface area contributed by atoms with Crippen LogP contribution in [-0.2, 0) is 6.54 Å². The van der Waals surface area contributed by atoms with Crippen LogP contribution in [0.15, 0.2) is 49.2 Å². The zero-order valence-corrected chi connectivity index (χ0v) is 13.2. The molecular formula is C17H16ClN5. The van der Waals surface area contributed by atoms with Crippen molar-refractivity contribution in [3.05, 3.63) is 54.2 Å². The number of aromatic nitrogens is 4. The van der Waals surface area contributed by atoms with Gasteiger partial charge in [-0.3, -0.25) is 0 Å². The number of fused-ring (bicyclic) bond motifs is 3. The van der Waals surface area contributed by atoms with Crippen LogP contribution in [-0.4, -0.2) is 26.1 Å². The number of anilines is 1. The van der Waals surface area contributed by atoms with E-state index in [1.54, 1.807) is 6.20 Å². The molecule has 0 aliphatic carbocycles. The number of rotatable bonds is 5. The molecule has 116 valence electrons. The minimum atomic E-state index is 0.741. The van der Waals surface area contributed by atoms with E-state index in [1.165, 1.54) is 0 Å². The summed E-state index contributed by atoms with van der Waals surface area (Å²) in [5, 5.41) is 6.41. The van der Waals surface area contributed by atoms with E-state index in [4.69, 9.17) is 11.6 Å². The third-order valence-electron chi connectivity index (χ3n) is 3.93. The van der Waals surface area contributed by atoms with Gasteiger partial charge < -0.3 is 14.9 Å². The molecule has 0 aliphatic heterocycles. The number of imidazole rings is 1. The second-order valence-corrected chi connectivity index (χ2v) is 5.91. The molecule has 2 N–H and O–H groups in total. The summed E-state index contributed by atoms with van der Waals surface area (Å²) in [5.41, 5.74) is 2.09. The summed E-state index contributed by atoms with van der Waals surface area (Å²) in [7, 11) is 0. The van der Waals surface area contributed by atoms with Crippen molar-refractivity contribution in [2.75, 3.05) is 11.9 Å². The first-order valence-corrected chi connectivity index (χ1v) is 7.94. The van der Waals surface area contributed by atoms with Crippen molar-refractivity contribution in [2.45, 2.75) is 13.0 Å². The smallest absolute Gasteiger partial charge is 0.150 e. The largest absolute Gasteiger partial charge is 0.368 e. The maximum absolute atomic E-state index is 6.11. The van der Waals surface area contributed by atoms with Crippen LogP contribution >= 0.6 is 11.6 Å². The van der Waals surface area contributed by atoms with Crippen molar-refractivity contribution < 1.29 is 0 Å². The van der Waals surface area contributed by atoms with Crippen LogP contribution in [0.5, 0.6) is 0 Å². The van der Waals surface area contributed by atoms with Gasteiger partial charge in [-0.15, -0.1) is 0 Å². The predicted octanol–water partition coefficient (Wildman–Crippen LogP) is 4.07. The molecule has 0 saturated heterocycles. The first-order valence-electron chi connectivity index (χ1n) is 7.57. The van der Waals surface area contributed by atoms with Crippen LogP contribution in [0.4, 0.5) is 5.82 Å². The van der Waals surface area contributed by atoms with Crippen molar-refractivity contribution in [2.24, 2.45) is 0 Å². The van der Waals surface area contributed by atoms with Crippen molar-refractivity contribution in [3.8, 4) is 0 Å². The lowest BCUT2D eigenvalue weighted by atomic mass is 10.2. The number of hydrogen-bond donors (Lipinski definition) is 2. The molecular weight excluding hydrogens is 310 g/mol. The SMILES string of the molecule is Clc1ccc2[nH]c3c(NCCCn4ccnc4)nccc3c2c1. The molecule has 0 saturated carbocycles. The molecule has 1 aromatic carbocycles. The molecule has 0 atom stereocenters. The maximum atomic E-state index is 6.11. The van der Waals surface area contributed by atoms with Gasteiger partial charge in [0, 0.05) is 53.0 Å². The molecule has 0 spiro atoms. The molecule has 0 unspecified atom stereocenters. The monoisotopic (exact) mass is 325 g/mol. The lowest BCUT2D eigenvalue weighted by molar-refractivity contribution is 0.660. The number of nitrogens with one attached hydrogen (secondary N) is 2. The first kappa shape index (κ1) is 14.1. The highest BCUT2D eigenvalue weighted by Crippen LogP contribution is 2.30. The van der Waals surface area contributed by atoms with Gasteiger partial charge in [-0.05, 0) is 30.7 Å². The fourth-order valence-electron chi connectivity index (χ4n) is 2.82. The van der Waals surface area contributed by atoms with E-state index in [9.17, 15) is 0 Å². The zero-order chi connectivity index (χ0) is 15.6. The lowest BCUT2D eigenvalue weighted by Gasteiger charge is -2.07. The number of aromatic amines is 1. The van der Waals surface area contributed by atoms with E-state index >= 15 is 0 Å². The highest BCUT2D eigenvalue weighted by atomic mass is 35.5. The zero-order valence-electron chi connectivity index (χ0n) is 12.5. The second kappa shape index (κ2) is 5.93. The number of nitrogens with zero attached hydrogens (tertiary/aromatic N) is 3. The Kier molecular flexibility index (Phi) is 3.63. The van der Waals surface area contributed by atoms with Gasteiger partial charge in [-0.25, -0.2) is 9.97 Å². The Hall–Kier alpha value is -2.53. The third-order valence-corrected chi connectivity index (χ3v) is 4.16. The van der Waals surface area contributed by atoms with Gasteiger partial charge in [0.2, 0.25) is 0 Å². The van der Waals surface area contributed by atoms with Gasteiger partial charge in [0.05, 0.1) is 11.8 Å². The van der Waals surface area contributed by atoms with Crippen LogP contribution < -0.4 is 5.32 Å². The molecule has 5 nitrogen and oxygen atoms in total. The summed E-state index contributed by atoms with van der Waals surface area (Å²) in [6.07, 6.45) is 8.43. The summed E-state index contributed by atoms with van der Waals surface area (Å²) >= 11 is 6.11. The van der Waals surface area contributed by atoms with Crippen molar-refractivity contribution >= 4 is 39.2 Å². The van der Waals surface area contributed by atoms with E-state index < -0.39 is 0 Å². The number of aryl methyl sites for hydroxylation is 1. The Morgan fingerprint density at radius 1 is 1.17 bits per heavy atom. The van der Waals surface area contributed by atoms with E-state index in [-0.39, 0.29) is 0 Å². The van der Waals surface area contributed by atoms with Crippen molar-refractivity contribution in [1.82, 2.24) is 19.5 Å². The van der Waals surface area contributed by atoms with Gasteiger partial charge >= 0.3 is 0 Å². The lowest BCUT2D eigenvalue weighted by Crippen LogP contribution is -2.07. The molecule has 3 aromatic heterocycles. The van der Waals surface area contributed by atoms with Crippen LogP contribution in [0.3, 0.4) is 0 Å². The Morgan fingerprint density at radius 3 is 3.00 bits per heavy atom. The van der Waals surface area contributed by atoms with Crippen LogP contribution in [0.2, 0.25) is 5.02 Å².